The van der Waals surface area contributed by atoms with Crippen LogP contribution in [0.15, 0.2) is 18.2 Å². The van der Waals surface area contributed by atoms with Crippen molar-refractivity contribution in [3.63, 3.8) is 0 Å². The first-order valence-corrected chi connectivity index (χ1v) is 6.10. The third-order valence-corrected chi connectivity index (χ3v) is 2.52. The van der Waals surface area contributed by atoms with Crippen LogP contribution in [0, 0.1) is 5.82 Å². The van der Waals surface area contributed by atoms with E-state index in [4.69, 9.17) is 0 Å². The van der Waals surface area contributed by atoms with E-state index in [0.717, 1.165) is 18.7 Å². The Morgan fingerprint density at radius 2 is 1.84 bits per heavy atom. The smallest absolute Gasteiger partial charge is 0.313 e. The van der Waals surface area contributed by atoms with Gasteiger partial charge in [0.25, 0.3) is 0 Å². The van der Waals surface area contributed by atoms with E-state index >= 15 is 0 Å². The van der Waals surface area contributed by atoms with Crippen molar-refractivity contribution in [1.82, 2.24) is 10.6 Å². The largest absolute Gasteiger partial charge is 0.419 e. The van der Waals surface area contributed by atoms with E-state index in [0.29, 0.717) is 18.2 Å². The fourth-order valence-corrected chi connectivity index (χ4v) is 1.58. The van der Waals surface area contributed by atoms with Crippen molar-refractivity contribution in [2.24, 2.45) is 0 Å². The zero-order valence-electron chi connectivity index (χ0n) is 10.9. The molecule has 6 heteroatoms. The molecule has 0 heterocycles. The second-order valence-corrected chi connectivity index (χ2v) is 4.60. The van der Waals surface area contributed by atoms with Gasteiger partial charge in [-0.3, -0.25) is 0 Å². The maximum atomic E-state index is 13.0. The molecule has 0 atom stereocenters. The molecule has 2 N–H and O–H groups in total. The Morgan fingerprint density at radius 1 is 1.16 bits per heavy atom. The summed E-state index contributed by atoms with van der Waals surface area (Å²) in [6.45, 7) is 5.66. The van der Waals surface area contributed by atoms with Gasteiger partial charge in [0, 0.05) is 25.7 Å². The molecule has 0 radical (unpaired) electrons. The Bertz CT molecular complexity index is 402. The highest BCUT2D eigenvalue weighted by atomic mass is 19.4. The monoisotopic (exact) mass is 278 g/mol. The van der Waals surface area contributed by atoms with Crippen LogP contribution in [0.25, 0.3) is 0 Å². The van der Waals surface area contributed by atoms with Crippen LogP contribution in [0.1, 0.15) is 25.0 Å². The molecule has 1 aromatic carbocycles. The third kappa shape index (κ3) is 5.57. The molecular weight excluding hydrogens is 260 g/mol. The Balaban J connectivity index is 2.51. The lowest BCUT2D eigenvalue weighted by Crippen LogP contribution is -2.31. The predicted molar refractivity (Wildman–Crippen MR) is 66.2 cm³/mol. The van der Waals surface area contributed by atoms with Gasteiger partial charge in [-0.15, -0.1) is 0 Å². The van der Waals surface area contributed by atoms with Crippen molar-refractivity contribution in [2.45, 2.75) is 32.6 Å². The first kappa shape index (κ1) is 15.9. The molecule has 19 heavy (non-hydrogen) atoms. The van der Waals surface area contributed by atoms with Gasteiger partial charge in [-0.2, -0.15) is 13.2 Å². The molecule has 0 saturated heterocycles. The quantitative estimate of drug-likeness (QED) is 0.617. The van der Waals surface area contributed by atoms with Crippen LogP contribution in [0.2, 0.25) is 0 Å². The van der Waals surface area contributed by atoms with E-state index in [-0.39, 0.29) is 6.54 Å². The fraction of sp³-hybridized carbons (Fsp3) is 0.538. The summed E-state index contributed by atoms with van der Waals surface area (Å²) in [6.07, 6.45) is -4.65. The molecule has 1 rings (SSSR count). The Morgan fingerprint density at radius 3 is 2.42 bits per heavy atom. The van der Waals surface area contributed by atoms with Crippen molar-refractivity contribution in [3.8, 4) is 0 Å². The lowest BCUT2D eigenvalue weighted by atomic mass is 10.1. The molecule has 0 aliphatic heterocycles. The summed E-state index contributed by atoms with van der Waals surface area (Å²) >= 11 is 0. The van der Waals surface area contributed by atoms with Crippen LogP contribution < -0.4 is 10.6 Å². The second-order valence-electron chi connectivity index (χ2n) is 4.60. The summed E-state index contributed by atoms with van der Waals surface area (Å²) in [4.78, 5) is 0. The first-order chi connectivity index (χ1) is 8.80. The van der Waals surface area contributed by atoms with Gasteiger partial charge in [0.15, 0.2) is 0 Å². The van der Waals surface area contributed by atoms with Gasteiger partial charge in [-0.05, 0) is 17.7 Å². The zero-order valence-corrected chi connectivity index (χ0v) is 10.9. The van der Waals surface area contributed by atoms with Gasteiger partial charge in [0.2, 0.25) is 0 Å². The Kier molecular flexibility index (Phi) is 5.75. The van der Waals surface area contributed by atoms with E-state index in [1.54, 1.807) is 0 Å². The number of benzene rings is 1. The van der Waals surface area contributed by atoms with E-state index < -0.39 is 17.6 Å². The average Bonchev–Trinajstić information content (AvgIpc) is 2.28. The molecule has 0 amide bonds. The summed E-state index contributed by atoms with van der Waals surface area (Å²) in [5, 5.41) is 6.18. The van der Waals surface area contributed by atoms with Gasteiger partial charge < -0.3 is 10.6 Å². The van der Waals surface area contributed by atoms with Gasteiger partial charge in [-0.25, -0.2) is 4.39 Å². The average molecular weight is 278 g/mol. The molecule has 0 saturated carbocycles. The summed E-state index contributed by atoms with van der Waals surface area (Å²) < 4.78 is 50.5. The summed E-state index contributed by atoms with van der Waals surface area (Å²) in [7, 11) is 0. The van der Waals surface area contributed by atoms with Crippen LogP contribution in [-0.4, -0.2) is 19.1 Å². The van der Waals surface area contributed by atoms with Gasteiger partial charge in [0.05, 0.1) is 5.56 Å². The minimum atomic E-state index is -4.65. The van der Waals surface area contributed by atoms with Crippen molar-refractivity contribution in [2.75, 3.05) is 13.1 Å². The molecule has 0 aliphatic carbocycles. The molecular formula is C13H18F4N2. The lowest BCUT2D eigenvalue weighted by Gasteiger charge is -2.11. The minimum absolute atomic E-state index is 0.281. The van der Waals surface area contributed by atoms with Crippen LogP contribution >= 0.6 is 0 Å². The first-order valence-electron chi connectivity index (χ1n) is 6.10. The molecule has 0 fully saturated rings. The second kappa shape index (κ2) is 6.86. The van der Waals surface area contributed by atoms with Gasteiger partial charge in [0.1, 0.15) is 5.82 Å². The van der Waals surface area contributed by atoms with E-state index in [1.807, 2.05) is 13.8 Å². The fourth-order valence-electron chi connectivity index (χ4n) is 1.58. The predicted octanol–water partition coefficient (Wildman–Crippen LogP) is 2.93. The molecule has 0 aromatic heterocycles. The minimum Gasteiger partial charge on any atom is -0.313 e. The lowest BCUT2D eigenvalue weighted by molar-refractivity contribution is -0.140. The molecule has 0 aliphatic rings. The number of hydrogen-bond acceptors (Lipinski definition) is 2. The van der Waals surface area contributed by atoms with Gasteiger partial charge >= 0.3 is 6.18 Å². The van der Waals surface area contributed by atoms with Crippen molar-refractivity contribution >= 4 is 0 Å². The SMILES string of the molecule is CC(C)NCCNCc1ccc(F)c(C(F)(F)F)c1. The molecule has 108 valence electrons. The number of hydrogen-bond donors (Lipinski definition) is 2. The van der Waals surface area contributed by atoms with E-state index in [9.17, 15) is 17.6 Å². The number of rotatable bonds is 6. The van der Waals surface area contributed by atoms with E-state index in [1.165, 1.54) is 6.07 Å². The van der Waals surface area contributed by atoms with Crippen molar-refractivity contribution < 1.29 is 17.6 Å². The maximum absolute atomic E-state index is 13.0. The Labute approximate surface area is 110 Å². The van der Waals surface area contributed by atoms with Crippen LogP contribution in [0.5, 0.6) is 0 Å². The highest BCUT2D eigenvalue weighted by molar-refractivity contribution is 5.27. The molecule has 2 nitrogen and oxygen atoms in total. The van der Waals surface area contributed by atoms with Crippen LogP contribution in [-0.2, 0) is 12.7 Å². The molecule has 1 aromatic rings. The third-order valence-electron chi connectivity index (χ3n) is 2.52. The van der Waals surface area contributed by atoms with Crippen LogP contribution in [0.4, 0.5) is 17.6 Å². The zero-order chi connectivity index (χ0) is 14.5. The topological polar surface area (TPSA) is 24.1 Å². The molecule has 0 spiro atoms. The highest BCUT2D eigenvalue weighted by Gasteiger charge is 2.34. The maximum Gasteiger partial charge on any atom is 0.419 e. The highest BCUT2D eigenvalue weighted by Crippen LogP contribution is 2.31. The summed E-state index contributed by atoms with van der Waals surface area (Å²) in [5.74, 6) is -1.24. The van der Waals surface area contributed by atoms with Crippen LogP contribution in [0.3, 0.4) is 0 Å². The number of halogens is 4. The van der Waals surface area contributed by atoms with E-state index in [2.05, 4.69) is 10.6 Å². The molecule has 0 unspecified atom stereocenters. The van der Waals surface area contributed by atoms with Crippen molar-refractivity contribution in [1.29, 1.82) is 0 Å². The number of nitrogens with one attached hydrogen (secondary N) is 2. The number of alkyl halides is 3. The standard InChI is InChI=1S/C13H18F4N2/c1-9(2)19-6-5-18-8-10-3-4-12(14)11(7-10)13(15,16)17/h3-4,7,9,18-19H,5-6,8H2,1-2H3. The molecule has 0 bridgehead atoms. The Hall–Kier alpha value is -1.14. The normalized spacial score (nSPS) is 12.2. The van der Waals surface area contributed by atoms with Gasteiger partial charge in [-0.1, -0.05) is 19.9 Å². The summed E-state index contributed by atoms with van der Waals surface area (Å²) in [5.41, 5.74) is -0.801. The van der Waals surface area contributed by atoms with Crippen molar-refractivity contribution in [3.05, 3.63) is 35.1 Å². The summed E-state index contributed by atoms with van der Waals surface area (Å²) in [6, 6.07) is 3.42.